The fourth-order valence-electron chi connectivity index (χ4n) is 2.16. The lowest BCUT2D eigenvalue weighted by atomic mass is 9.77. The van der Waals surface area contributed by atoms with E-state index in [0.717, 1.165) is 30.8 Å². The maximum Gasteiger partial charge on any atom is 0.488 e. The van der Waals surface area contributed by atoms with E-state index in [1.807, 2.05) is 13.0 Å². The zero-order chi connectivity index (χ0) is 13.0. The number of ether oxygens (including phenoxy) is 2. The molecule has 1 saturated heterocycles. The Hall–Kier alpha value is -1.04. The first-order valence-electron chi connectivity index (χ1n) is 6.38. The van der Waals surface area contributed by atoms with Crippen molar-refractivity contribution >= 4 is 12.6 Å². The standard InChI is InChI=1S/C13H19BO4/c1-10-8-11(5-6-13(10)14(15)16)18-9-12-4-2-3-7-17-12/h5-6,8,12,15-16H,2-4,7,9H2,1H3. The zero-order valence-corrected chi connectivity index (χ0v) is 10.6. The maximum absolute atomic E-state index is 9.12. The fourth-order valence-corrected chi connectivity index (χ4v) is 2.16. The van der Waals surface area contributed by atoms with E-state index < -0.39 is 7.12 Å². The Bertz CT molecular complexity index is 389. The summed E-state index contributed by atoms with van der Waals surface area (Å²) in [6.07, 6.45) is 3.57. The SMILES string of the molecule is Cc1cc(OCC2CCCCO2)ccc1B(O)O. The van der Waals surface area contributed by atoms with Gasteiger partial charge in [0, 0.05) is 6.61 Å². The molecule has 2 rings (SSSR count). The number of aryl methyl sites for hydroxylation is 1. The Morgan fingerprint density at radius 1 is 1.39 bits per heavy atom. The third-order valence-corrected chi connectivity index (χ3v) is 3.23. The molecule has 1 atom stereocenters. The van der Waals surface area contributed by atoms with Crippen LogP contribution in [0.1, 0.15) is 24.8 Å². The van der Waals surface area contributed by atoms with Crippen LogP contribution in [-0.4, -0.2) is 36.5 Å². The molecule has 1 aromatic carbocycles. The highest BCUT2D eigenvalue weighted by molar-refractivity contribution is 6.59. The number of hydrogen-bond acceptors (Lipinski definition) is 4. The van der Waals surface area contributed by atoms with E-state index in [0.29, 0.717) is 12.1 Å². The molecule has 1 fully saturated rings. The molecule has 18 heavy (non-hydrogen) atoms. The van der Waals surface area contributed by atoms with Gasteiger partial charge >= 0.3 is 7.12 Å². The quantitative estimate of drug-likeness (QED) is 0.769. The van der Waals surface area contributed by atoms with Crippen molar-refractivity contribution in [2.24, 2.45) is 0 Å². The first-order chi connectivity index (χ1) is 8.66. The second-order valence-electron chi connectivity index (χ2n) is 4.69. The Morgan fingerprint density at radius 2 is 2.22 bits per heavy atom. The van der Waals surface area contributed by atoms with Crippen LogP contribution in [0.4, 0.5) is 0 Å². The third-order valence-electron chi connectivity index (χ3n) is 3.23. The molecule has 0 radical (unpaired) electrons. The van der Waals surface area contributed by atoms with E-state index in [1.165, 1.54) is 6.42 Å². The summed E-state index contributed by atoms with van der Waals surface area (Å²) in [6, 6.07) is 5.25. The molecular formula is C13H19BO4. The summed E-state index contributed by atoms with van der Waals surface area (Å²) >= 11 is 0. The molecule has 1 aliphatic rings. The molecule has 0 amide bonds. The van der Waals surface area contributed by atoms with Gasteiger partial charge in [-0.05, 0) is 49.3 Å². The summed E-state index contributed by atoms with van der Waals surface area (Å²) in [5.74, 6) is 0.742. The predicted octanol–water partition coefficient (Wildman–Crippen LogP) is 0.623. The van der Waals surface area contributed by atoms with E-state index in [9.17, 15) is 0 Å². The van der Waals surface area contributed by atoms with Gasteiger partial charge in [0.2, 0.25) is 0 Å². The molecule has 1 heterocycles. The summed E-state index contributed by atoms with van der Waals surface area (Å²) in [7, 11) is -1.43. The van der Waals surface area contributed by atoms with Crippen molar-refractivity contribution in [2.45, 2.75) is 32.3 Å². The molecule has 0 aromatic heterocycles. The molecule has 0 bridgehead atoms. The Labute approximate surface area is 108 Å². The van der Waals surface area contributed by atoms with Gasteiger partial charge in [-0.2, -0.15) is 0 Å². The van der Waals surface area contributed by atoms with Crippen LogP contribution in [0.2, 0.25) is 0 Å². The molecule has 1 unspecified atom stereocenters. The Morgan fingerprint density at radius 3 is 2.83 bits per heavy atom. The van der Waals surface area contributed by atoms with E-state index in [2.05, 4.69) is 0 Å². The minimum atomic E-state index is -1.43. The maximum atomic E-state index is 9.12. The van der Waals surface area contributed by atoms with Gasteiger partial charge in [0.05, 0.1) is 6.10 Å². The number of hydrogen-bond donors (Lipinski definition) is 2. The lowest BCUT2D eigenvalue weighted by Crippen LogP contribution is -2.32. The van der Waals surface area contributed by atoms with Crippen LogP contribution in [0.3, 0.4) is 0 Å². The van der Waals surface area contributed by atoms with Crippen molar-refractivity contribution in [1.29, 1.82) is 0 Å². The normalized spacial score (nSPS) is 19.6. The Kier molecular flexibility index (Phi) is 4.63. The number of benzene rings is 1. The molecular weight excluding hydrogens is 231 g/mol. The van der Waals surface area contributed by atoms with Gasteiger partial charge in [0.1, 0.15) is 12.4 Å². The summed E-state index contributed by atoms with van der Waals surface area (Å²) in [5.41, 5.74) is 1.32. The van der Waals surface area contributed by atoms with E-state index >= 15 is 0 Å². The molecule has 0 saturated carbocycles. The van der Waals surface area contributed by atoms with Crippen LogP contribution in [0.25, 0.3) is 0 Å². The second kappa shape index (κ2) is 6.23. The highest BCUT2D eigenvalue weighted by atomic mass is 16.5. The van der Waals surface area contributed by atoms with Gasteiger partial charge in [0.25, 0.3) is 0 Å². The van der Waals surface area contributed by atoms with Gasteiger partial charge in [0.15, 0.2) is 0 Å². The van der Waals surface area contributed by atoms with Crippen LogP contribution in [0, 0.1) is 6.92 Å². The zero-order valence-electron chi connectivity index (χ0n) is 10.6. The van der Waals surface area contributed by atoms with Crippen molar-refractivity contribution in [1.82, 2.24) is 0 Å². The monoisotopic (exact) mass is 250 g/mol. The highest BCUT2D eigenvalue weighted by Crippen LogP contribution is 2.16. The van der Waals surface area contributed by atoms with E-state index in [1.54, 1.807) is 12.1 Å². The fraction of sp³-hybridized carbons (Fsp3) is 0.538. The first kappa shape index (κ1) is 13.4. The van der Waals surface area contributed by atoms with Crippen LogP contribution < -0.4 is 10.2 Å². The van der Waals surface area contributed by atoms with Gasteiger partial charge in [-0.1, -0.05) is 6.07 Å². The van der Waals surface area contributed by atoms with Gasteiger partial charge in [-0.25, -0.2) is 0 Å². The van der Waals surface area contributed by atoms with Gasteiger partial charge in [-0.3, -0.25) is 0 Å². The minimum absolute atomic E-state index is 0.183. The van der Waals surface area contributed by atoms with Crippen LogP contribution in [0.5, 0.6) is 5.75 Å². The lowest BCUT2D eigenvalue weighted by Gasteiger charge is -2.22. The van der Waals surface area contributed by atoms with Crippen LogP contribution in [-0.2, 0) is 4.74 Å². The number of rotatable bonds is 4. The van der Waals surface area contributed by atoms with Crippen LogP contribution in [0.15, 0.2) is 18.2 Å². The average Bonchev–Trinajstić information content (AvgIpc) is 2.37. The van der Waals surface area contributed by atoms with Gasteiger partial charge < -0.3 is 19.5 Å². The molecule has 1 aliphatic heterocycles. The predicted molar refractivity (Wildman–Crippen MR) is 70.1 cm³/mol. The molecule has 0 aliphatic carbocycles. The van der Waals surface area contributed by atoms with Crippen molar-refractivity contribution in [3.05, 3.63) is 23.8 Å². The Balaban J connectivity index is 1.91. The van der Waals surface area contributed by atoms with E-state index in [4.69, 9.17) is 19.5 Å². The summed E-state index contributed by atoms with van der Waals surface area (Å²) in [5, 5.41) is 18.2. The topological polar surface area (TPSA) is 58.9 Å². The highest BCUT2D eigenvalue weighted by Gasteiger charge is 2.16. The molecule has 5 heteroatoms. The van der Waals surface area contributed by atoms with Crippen molar-refractivity contribution in [3.8, 4) is 5.75 Å². The largest absolute Gasteiger partial charge is 0.491 e. The lowest BCUT2D eigenvalue weighted by molar-refractivity contribution is -0.0110. The second-order valence-corrected chi connectivity index (χ2v) is 4.69. The summed E-state index contributed by atoms with van der Waals surface area (Å²) in [6.45, 7) is 3.21. The summed E-state index contributed by atoms with van der Waals surface area (Å²) < 4.78 is 11.3. The average molecular weight is 250 g/mol. The van der Waals surface area contributed by atoms with E-state index in [-0.39, 0.29) is 6.10 Å². The third kappa shape index (κ3) is 3.48. The van der Waals surface area contributed by atoms with Crippen molar-refractivity contribution in [2.75, 3.05) is 13.2 Å². The molecule has 0 spiro atoms. The smallest absolute Gasteiger partial charge is 0.488 e. The molecule has 1 aromatic rings. The minimum Gasteiger partial charge on any atom is -0.491 e. The van der Waals surface area contributed by atoms with Crippen LogP contribution >= 0.6 is 0 Å². The summed E-state index contributed by atoms with van der Waals surface area (Å²) in [4.78, 5) is 0. The van der Waals surface area contributed by atoms with Gasteiger partial charge in [-0.15, -0.1) is 0 Å². The molecule has 4 nitrogen and oxygen atoms in total. The van der Waals surface area contributed by atoms with Crippen molar-refractivity contribution in [3.63, 3.8) is 0 Å². The molecule has 98 valence electrons. The van der Waals surface area contributed by atoms with Crippen molar-refractivity contribution < 1.29 is 19.5 Å². The molecule has 2 N–H and O–H groups in total. The first-order valence-corrected chi connectivity index (χ1v) is 6.38.